The first-order chi connectivity index (χ1) is 12.8. The molecule has 7 nitrogen and oxygen atoms in total. The van der Waals surface area contributed by atoms with E-state index in [1.54, 1.807) is 0 Å². The van der Waals surface area contributed by atoms with Crippen molar-refractivity contribution in [3.8, 4) is 11.5 Å². The smallest absolute Gasteiger partial charge is 0.396 e. The monoisotopic (exact) mass is 399 g/mol. The van der Waals surface area contributed by atoms with Crippen LogP contribution in [-0.4, -0.2) is 52.9 Å². The second-order valence-corrected chi connectivity index (χ2v) is 7.83. The van der Waals surface area contributed by atoms with Gasteiger partial charge < -0.3 is 19.9 Å². The third-order valence-electron chi connectivity index (χ3n) is 4.88. The average Bonchev–Trinajstić information content (AvgIpc) is 3.15. The third-order valence-corrected chi connectivity index (χ3v) is 5.81. The average molecular weight is 399 g/mol. The molecule has 2 aromatic rings. The molecule has 0 bridgehead atoms. The number of amides is 1. The molecule has 2 atom stereocenters. The predicted octanol–water partition coefficient (Wildman–Crippen LogP) is 2.65. The maximum atomic E-state index is 13.1. The van der Waals surface area contributed by atoms with Crippen molar-refractivity contribution in [3.63, 3.8) is 0 Å². The summed E-state index contributed by atoms with van der Waals surface area (Å²) in [4.78, 5) is 18.9. The van der Waals surface area contributed by atoms with E-state index < -0.39 is 6.29 Å². The molecular formula is C17H19F2N3O4S. The molecule has 146 valence electrons. The second kappa shape index (κ2) is 6.84. The Morgan fingerprint density at radius 2 is 2.22 bits per heavy atom. The summed E-state index contributed by atoms with van der Waals surface area (Å²) in [5.41, 5.74) is 0.446. The van der Waals surface area contributed by atoms with Crippen molar-refractivity contribution in [1.82, 2.24) is 9.88 Å². The predicted molar refractivity (Wildman–Crippen MR) is 95.3 cm³/mol. The summed E-state index contributed by atoms with van der Waals surface area (Å²) in [5, 5.41) is 12.5. The number of carbonyl (C=O) groups excluding carboxylic acids is 1. The highest BCUT2D eigenvalue weighted by Crippen LogP contribution is 2.44. The maximum Gasteiger partial charge on any atom is 0.586 e. The summed E-state index contributed by atoms with van der Waals surface area (Å²) in [7, 11) is 0. The van der Waals surface area contributed by atoms with Gasteiger partial charge in [0.1, 0.15) is 0 Å². The van der Waals surface area contributed by atoms with Gasteiger partial charge in [-0.3, -0.25) is 9.69 Å². The van der Waals surface area contributed by atoms with Gasteiger partial charge in [-0.05, 0) is 32.2 Å². The summed E-state index contributed by atoms with van der Waals surface area (Å²) in [6, 6.07) is 2.44. The van der Waals surface area contributed by atoms with E-state index in [2.05, 4.69) is 19.8 Å². The summed E-state index contributed by atoms with van der Waals surface area (Å²) in [5.74, 6) is -0.130. The van der Waals surface area contributed by atoms with E-state index in [0.29, 0.717) is 21.9 Å². The molecule has 1 aromatic heterocycles. The molecule has 1 amide bonds. The molecule has 1 fully saturated rings. The fourth-order valence-corrected chi connectivity index (χ4v) is 4.28. The summed E-state index contributed by atoms with van der Waals surface area (Å²) >= 11 is 1.18. The molecule has 2 aliphatic rings. The largest absolute Gasteiger partial charge is 0.586 e. The lowest BCUT2D eigenvalue weighted by molar-refractivity contribution is -0.286. The van der Waals surface area contributed by atoms with Gasteiger partial charge >= 0.3 is 6.29 Å². The zero-order valence-corrected chi connectivity index (χ0v) is 15.4. The van der Waals surface area contributed by atoms with Gasteiger partial charge in [0, 0.05) is 25.3 Å². The van der Waals surface area contributed by atoms with Crippen LogP contribution in [0.15, 0.2) is 12.1 Å². The van der Waals surface area contributed by atoms with Crippen molar-refractivity contribution in [2.45, 2.75) is 32.1 Å². The number of fused-ring (bicyclic) bond motifs is 2. The first kappa shape index (κ1) is 18.3. The molecule has 10 heteroatoms. The van der Waals surface area contributed by atoms with Crippen molar-refractivity contribution >= 4 is 32.6 Å². The number of ether oxygens (including phenoxy) is 2. The van der Waals surface area contributed by atoms with Crippen LogP contribution in [0.5, 0.6) is 11.5 Å². The molecule has 0 saturated carbocycles. The van der Waals surface area contributed by atoms with E-state index >= 15 is 0 Å². The normalized spacial score (nSPS) is 22.7. The zero-order chi connectivity index (χ0) is 19.2. The molecular weight excluding hydrogens is 380 g/mol. The zero-order valence-electron chi connectivity index (χ0n) is 14.6. The van der Waals surface area contributed by atoms with E-state index in [-0.39, 0.29) is 36.0 Å². The van der Waals surface area contributed by atoms with Gasteiger partial charge in [-0.1, -0.05) is 11.3 Å². The number of thiazole rings is 1. The minimum absolute atomic E-state index is 0.0502. The van der Waals surface area contributed by atoms with E-state index in [1.165, 1.54) is 23.5 Å². The van der Waals surface area contributed by atoms with Crippen molar-refractivity contribution < 1.29 is 28.2 Å². The lowest BCUT2D eigenvalue weighted by Gasteiger charge is -2.35. The number of hydrogen-bond donors (Lipinski definition) is 2. The number of likely N-dealkylation sites (tertiary alicyclic amines) is 1. The maximum absolute atomic E-state index is 13.1. The SMILES string of the molecule is C[C@@H](C(=O)Nc1nc2cc3c(cc2s1)OC(F)(F)O3)N1CCC[C@@H](CO)C1. The number of alkyl halides is 2. The molecule has 2 aliphatic heterocycles. The van der Waals surface area contributed by atoms with Crippen LogP contribution in [0.2, 0.25) is 0 Å². The lowest BCUT2D eigenvalue weighted by atomic mass is 9.97. The number of anilines is 1. The number of halogens is 2. The Kier molecular flexibility index (Phi) is 4.65. The van der Waals surface area contributed by atoms with Crippen LogP contribution >= 0.6 is 11.3 Å². The van der Waals surface area contributed by atoms with Crippen LogP contribution in [0.1, 0.15) is 19.8 Å². The van der Waals surface area contributed by atoms with Crippen LogP contribution in [0.4, 0.5) is 13.9 Å². The Morgan fingerprint density at radius 1 is 1.48 bits per heavy atom. The fourth-order valence-electron chi connectivity index (χ4n) is 3.40. The molecule has 0 spiro atoms. The molecule has 1 saturated heterocycles. The molecule has 0 aliphatic carbocycles. The van der Waals surface area contributed by atoms with Crippen molar-refractivity contribution in [2.24, 2.45) is 5.92 Å². The summed E-state index contributed by atoms with van der Waals surface area (Å²) in [6.07, 6.45) is -1.76. The first-order valence-corrected chi connectivity index (χ1v) is 9.52. The molecule has 27 heavy (non-hydrogen) atoms. The van der Waals surface area contributed by atoms with Crippen LogP contribution in [-0.2, 0) is 4.79 Å². The van der Waals surface area contributed by atoms with Gasteiger partial charge in [-0.15, -0.1) is 8.78 Å². The number of carbonyl (C=O) groups is 1. The van der Waals surface area contributed by atoms with Gasteiger partial charge in [0.2, 0.25) is 5.91 Å². The molecule has 0 unspecified atom stereocenters. The number of benzene rings is 1. The van der Waals surface area contributed by atoms with Gasteiger partial charge in [-0.25, -0.2) is 4.98 Å². The van der Waals surface area contributed by atoms with Crippen molar-refractivity contribution in [3.05, 3.63) is 12.1 Å². The molecule has 2 N–H and O–H groups in total. The Morgan fingerprint density at radius 3 is 2.96 bits per heavy atom. The van der Waals surface area contributed by atoms with Crippen molar-refractivity contribution in [1.29, 1.82) is 0 Å². The standard InChI is InChI=1S/C17H19F2N3O4S/c1-9(22-4-2-3-10(7-22)8-23)15(24)21-16-20-11-5-12-13(6-14(11)27-16)26-17(18,19)25-12/h5-6,9-10,23H,2-4,7-8H2,1H3,(H,20,21,24)/t9-,10+/m0/s1. The van der Waals surface area contributed by atoms with E-state index in [0.717, 1.165) is 19.4 Å². The van der Waals surface area contributed by atoms with Gasteiger partial charge in [-0.2, -0.15) is 0 Å². The number of piperidine rings is 1. The Labute approximate surface area is 157 Å². The number of nitrogens with zero attached hydrogens (tertiary/aromatic N) is 2. The van der Waals surface area contributed by atoms with Crippen LogP contribution in [0.25, 0.3) is 10.2 Å². The molecule has 1 aromatic carbocycles. The van der Waals surface area contributed by atoms with E-state index in [4.69, 9.17) is 0 Å². The number of aromatic nitrogens is 1. The van der Waals surface area contributed by atoms with E-state index in [1.807, 2.05) is 11.8 Å². The number of nitrogens with one attached hydrogen (secondary N) is 1. The van der Waals surface area contributed by atoms with Crippen molar-refractivity contribution in [2.75, 3.05) is 25.0 Å². The van der Waals surface area contributed by atoms with Crippen LogP contribution in [0.3, 0.4) is 0 Å². The van der Waals surface area contributed by atoms with Gasteiger partial charge in [0.15, 0.2) is 16.6 Å². The quantitative estimate of drug-likeness (QED) is 0.823. The number of aliphatic hydroxyl groups excluding tert-OH is 1. The molecule has 4 rings (SSSR count). The van der Waals surface area contributed by atoms with Gasteiger partial charge in [0.05, 0.1) is 16.3 Å². The highest BCUT2D eigenvalue weighted by atomic mass is 32.1. The summed E-state index contributed by atoms with van der Waals surface area (Å²) in [6.45, 7) is 3.43. The highest BCUT2D eigenvalue weighted by molar-refractivity contribution is 7.22. The minimum Gasteiger partial charge on any atom is -0.396 e. The minimum atomic E-state index is -3.67. The molecule has 3 heterocycles. The lowest BCUT2D eigenvalue weighted by Crippen LogP contribution is -2.47. The first-order valence-electron chi connectivity index (χ1n) is 8.71. The number of hydrogen-bond acceptors (Lipinski definition) is 7. The van der Waals surface area contributed by atoms with E-state index in [9.17, 15) is 18.7 Å². The van der Waals surface area contributed by atoms with Crippen LogP contribution < -0.4 is 14.8 Å². The Balaban J connectivity index is 1.46. The number of aliphatic hydroxyl groups is 1. The Hall–Kier alpha value is -2.04. The van der Waals surface area contributed by atoms with Gasteiger partial charge in [0.25, 0.3) is 0 Å². The third kappa shape index (κ3) is 3.69. The fraction of sp³-hybridized carbons (Fsp3) is 0.529. The van der Waals surface area contributed by atoms with Crippen LogP contribution in [0, 0.1) is 5.92 Å². The molecule has 0 radical (unpaired) electrons. The number of rotatable bonds is 4. The Bertz CT molecular complexity index is 830. The second-order valence-electron chi connectivity index (χ2n) is 6.80. The summed E-state index contributed by atoms with van der Waals surface area (Å²) < 4.78 is 35.7. The highest BCUT2D eigenvalue weighted by Gasteiger charge is 2.43. The topological polar surface area (TPSA) is 83.9 Å².